The van der Waals surface area contributed by atoms with E-state index in [0.717, 1.165) is 47.9 Å². The molecule has 5 heteroatoms. The van der Waals surface area contributed by atoms with Crippen molar-refractivity contribution in [1.82, 2.24) is 9.55 Å². The van der Waals surface area contributed by atoms with Crippen molar-refractivity contribution in [2.45, 2.75) is 56.9 Å². The fraction of sp³-hybridized carbons (Fsp3) is 0.364. The number of nitrogens with zero attached hydrogens (tertiary/aromatic N) is 2. The summed E-state index contributed by atoms with van der Waals surface area (Å²) in [6, 6.07) is 10.3. The number of hydrogen-bond acceptors (Lipinski definition) is 4. The van der Waals surface area contributed by atoms with Gasteiger partial charge in [-0.05, 0) is 62.8 Å². The van der Waals surface area contributed by atoms with Crippen LogP contribution >= 0.6 is 11.8 Å². The summed E-state index contributed by atoms with van der Waals surface area (Å²) in [5, 5.41) is 0.909. The maximum atomic E-state index is 12.8. The van der Waals surface area contributed by atoms with Gasteiger partial charge in [0.05, 0.1) is 12.8 Å². The molecule has 0 radical (unpaired) electrons. The molecule has 0 saturated heterocycles. The standard InChI is InChI=1S/C22H24N2O2S/c1-15-9-10-16(2)17(12-15)14-27-21-19-7-3-4-8-20(19)24(22(25)23-21)13-18-6-5-11-26-18/h5-6,9-12H,3-4,7-8,13-14H2,1-2H3. The predicted molar refractivity (Wildman–Crippen MR) is 108 cm³/mol. The van der Waals surface area contributed by atoms with Gasteiger partial charge in [0.1, 0.15) is 10.8 Å². The molecule has 4 rings (SSSR count). The predicted octanol–water partition coefficient (Wildman–Crippen LogP) is 4.67. The van der Waals surface area contributed by atoms with Crippen LogP contribution in [0.4, 0.5) is 0 Å². The molecule has 0 bridgehead atoms. The zero-order chi connectivity index (χ0) is 18.8. The van der Waals surface area contributed by atoms with Gasteiger partial charge in [0.15, 0.2) is 0 Å². The second-order valence-corrected chi connectivity index (χ2v) is 8.18. The SMILES string of the molecule is Cc1ccc(C)c(CSc2nc(=O)n(Cc3ccco3)c3c2CCCC3)c1. The number of fused-ring (bicyclic) bond motifs is 1. The van der Waals surface area contributed by atoms with E-state index >= 15 is 0 Å². The largest absolute Gasteiger partial charge is 0.467 e. The van der Waals surface area contributed by atoms with E-state index in [4.69, 9.17) is 4.42 Å². The molecule has 1 aliphatic rings. The maximum absolute atomic E-state index is 12.8. The highest BCUT2D eigenvalue weighted by molar-refractivity contribution is 7.98. The molecule has 0 fully saturated rings. The molecule has 4 nitrogen and oxygen atoms in total. The topological polar surface area (TPSA) is 48.0 Å². The molecule has 0 N–H and O–H groups in total. The zero-order valence-corrected chi connectivity index (χ0v) is 16.6. The Balaban J connectivity index is 1.66. The van der Waals surface area contributed by atoms with Gasteiger partial charge in [0.2, 0.25) is 0 Å². The lowest BCUT2D eigenvalue weighted by Crippen LogP contribution is -2.30. The number of rotatable bonds is 5. The maximum Gasteiger partial charge on any atom is 0.349 e. The van der Waals surface area contributed by atoms with Gasteiger partial charge in [-0.3, -0.25) is 4.57 Å². The first-order chi connectivity index (χ1) is 13.1. The highest BCUT2D eigenvalue weighted by Crippen LogP contribution is 2.31. The third-order valence-corrected chi connectivity index (χ3v) is 6.28. The summed E-state index contributed by atoms with van der Waals surface area (Å²) >= 11 is 1.69. The lowest BCUT2D eigenvalue weighted by molar-refractivity contribution is 0.471. The van der Waals surface area contributed by atoms with Crippen molar-refractivity contribution < 1.29 is 4.42 Å². The van der Waals surface area contributed by atoms with Crippen molar-refractivity contribution in [2.24, 2.45) is 0 Å². The van der Waals surface area contributed by atoms with Crippen LogP contribution in [-0.2, 0) is 25.1 Å². The molecule has 2 aromatic heterocycles. The first-order valence-corrected chi connectivity index (χ1v) is 10.4. The van der Waals surface area contributed by atoms with Crippen LogP contribution in [0.15, 0.2) is 50.8 Å². The molecular formula is C22H24N2O2S. The molecule has 0 unspecified atom stereocenters. The number of benzene rings is 1. The van der Waals surface area contributed by atoms with E-state index in [-0.39, 0.29) is 5.69 Å². The van der Waals surface area contributed by atoms with Crippen LogP contribution in [0.2, 0.25) is 0 Å². The van der Waals surface area contributed by atoms with Crippen molar-refractivity contribution in [3.8, 4) is 0 Å². The molecule has 3 aromatic rings. The summed E-state index contributed by atoms with van der Waals surface area (Å²) in [6.45, 7) is 4.71. The van der Waals surface area contributed by atoms with Crippen LogP contribution in [0.25, 0.3) is 0 Å². The summed E-state index contributed by atoms with van der Waals surface area (Å²) in [5.41, 5.74) is 6.08. The van der Waals surface area contributed by atoms with Gasteiger partial charge >= 0.3 is 5.69 Å². The molecule has 0 atom stereocenters. The fourth-order valence-corrected chi connectivity index (χ4v) is 4.83. The minimum atomic E-state index is -0.171. The van der Waals surface area contributed by atoms with E-state index in [0.29, 0.717) is 6.54 Å². The zero-order valence-electron chi connectivity index (χ0n) is 15.8. The van der Waals surface area contributed by atoms with Gasteiger partial charge < -0.3 is 4.42 Å². The van der Waals surface area contributed by atoms with Crippen LogP contribution in [-0.4, -0.2) is 9.55 Å². The van der Waals surface area contributed by atoms with Gasteiger partial charge in [-0.1, -0.05) is 23.8 Å². The first-order valence-electron chi connectivity index (χ1n) is 9.45. The molecule has 0 saturated carbocycles. The summed E-state index contributed by atoms with van der Waals surface area (Å²) in [4.78, 5) is 17.2. The number of thioether (sulfide) groups is 1. The lowest BCUT2D eigenvalue weighted by atomic mass is 9.97. The summed E-state index contributed by atoms with van der Waals surface area (Å²) in [5.74, 6) is 1.64. The van der Waals surface area contributed by atoms with E-state index in [2.05, 4.69) is 37.0 Å². The smallest absolute Gasteiger partial charge is 0.349 e. The van der Waals surface area contributed by atoms with Crippen LogP contribution in [0, 0.1) is 13.8 Å². The Morgan fingerprint density at radius 2 is 2.04 bits per heavy atom. The summed E-state index contributed by atoms with van der Waals surface area (Å²) in [7, 11) is 0. The number of aromatic nitrogens is 2. The molecule has 2 heterocycles. The highest BCUT2D eigenvalue weighted by atomic mass is 32.2. The molecule has 27 heavy (non-hydrogen) atoms. The molecular weight excluding hydrogens is 356 g/mol. The van der Waals surface area contributed by atoms with E-state index in [9.17, 15) is 4.79 Å². The van der Waals surface area contributed by atoms with Crippen molar-refractivity contribution in [3.05, 3.63) is 80.8 Å². The molecule has 140 valence electrons. The van der Waals surface area contributed by atoms with E-state index in [1.165, 1.54) is 22.3 Å². The monoisotopic (exact) mass is 380 g/mol. The van der Waals surface area contributed by atoms with Crippen LogP contribution in [0.3, 0.4) is 0 Å². The van der Waals surface area contributed by atoms with Crippen LogP contribution in [0.1, 0.15) is 46.5 Å². The summed E-state index contributed by atoms with van der Waals surface area (Å²) < 4.78 is 7.25. The van der Waals surface area contributed by atoms with E-state index in [1.807, 2.05) is 12.1 Å². The fourth-order valence-electron chi connectivity index (χ4n) is 3.69. The van der Waals surface area contributed by atoms with Gasteiger partial charge in [-0.2, -0.15) is 4.98 Å². The van der Waals surface area contributed by atoms with Crippen molar-refractivity contribution >= 4 is 11.8 Å². The molecule has 0 amide bonds. The number of aryl methyl sites for hydroxylation is 2. The van der Waals surface area contributed by atoms with Gasteiger partial charge in [0.25, 0.3) is 0 Å². The Bertz CT molecular complexity index is 1010. The minimum absolute atomic E-state index is 0.171. The van der Waals surface area contributed by atoms with Crippen LogP contribution in [0.5, 0.6) is 0 Å². The third kappa shape index (κ3) is 3.88. The quantitative estimate of drug-likeness (QED) is 0.477. The Kier molecular flexibility index (Phi) is 5.21. The first kappa shape index (κ1) is 18.1. The molecule has 0 aliphatic heterocycles. The van der Waals surface area contributed by atoms with Crippen molar-refractivity contribution in [1.29, 1.82) is 0 Å². The Morgan fingerprint density at radius 3 is 2.85 bits per heavy atom. The Morgan fingerprint density at radius 1 is 1.19 bits per heavy atom. The summed E-state index contributed by atoms with van der Waals surface area (Å²) in [6.07, 6.45) is 5.86. The second kappa shape index (κ2) is 7.77. The van der Waals surface area contributed by atoms with Gasteiger partial charge in [0, 0.05) is 17.0 Å². The normalized spacial score (nSPS) is 13.6. The van der Waals surface area contributed by atoms with Crippen molar-refractivity contribution in [3.63, 3.8) is 0 Å². The molecule has 1 aromatic carbocycles. The average Bonchev–Trinajstić information content (AvgIpc) is 3.18. The third-order valence-electron chi connectivity index (χ3n) is 5.21. The number of hydrogen-bond donors (Lipinski definition) is 0. The van der Waals surface area contributed by atoms with Crippen LogP contribution < -0.4 is 5.69 Å². The average molecular weight is 381 g/mol. The second-order valence-electron chi connectivity index (χ2n) is 7.22. The molecule has 0 spiro atoms. The Hall–Kier alpha value is -2.27. The molecule has 1 aliphatic carbocycles. The van der Waals surface area contributed by atoms with Gasteiger partial charge in [-0.25, -0.2) is 4.79 Å². The Labute approximate surface area is 163 Å². The minimum Gasteiger partial charge on any atom is -0.467 e. The van der Waals surface area contributed by atoms with E-state index < -0.39 is 0 Å². The lowest BCUT2D eigenvalue weighted by Gasteiger charge is -2.22. The van der Waals surface area contributed by atoms with E-state index in [1.54, 1.807) is 22.6 Å². The van der Waals surface area contributed by atoms with Gasteiger partial charge in [-0.15, -0.1) is 11.8 Å². The highest BCUT2D eigenvalue weighted by Gasteiger charge is 2.21. The van der Waals surface area contributed by atoms with Crippen molar-refractivity contribution in [2.75, 3.05) is 0 Å². The number of furan rings is 1.